The zero-order valence-corrected chi connectivity index (χ0v) is 13.4. The number of unbranched alkanes of at least 4 members (excludes halogenated alkanes) is 2. The Kier molecular flexibility index (Phi) is 9.54. The van der Waals surface area contributed by atoms with Crippen LogP contribution in [0.3, 0.4) is 0 Å². The number of benzene rings is 1. The van der Waals surface area contributed by atoms with E-state index >= 15 is 0 Å². The molecule has 4 N–H and O–H groups in total. The molecule has 114 valence electrons. The minimum atomic E-state index is -1.74. The van der Waals surface area contributed by atoms with Crippen molar-refractivity contribution < 1.29 is 19.6 Å². The van der Waals surface area contributed by atoms with Gasteiger partial charge in [-0.25, -0.2) is 0 Å². The van der Waals surface area contributed by atoms with Crippen molar-refractivity contribution in [3.8, 4) is 0 Å². The molecule has 0 radical (unpaired) electrons. The zero-order valence-electron chi connectivity index (χ0n) is 11.6. The highest BCUT2D eigenvalue weighted by atomic mass is 31.2. The number of aryl methyl sites for hydroxylation is 2. The fourth-order valence-electron chi connectivity index (χ4n) is 2.11. The average molecular weight is 318 g/mol. The zero-order chi connectivity index (χ0) is 14.8. The highest BCUT2D eigenvalue weighted by Crippen LogP contribution is 2.25. The van der Waals surface area contributed by atoms with E-state index in [2.05, 4.69) is 24.3 Å². The highest BCUT2D eigenvalue weighted by Gasteiger charge is 2.01. The third-order valence-corrected chi connectivity index (χ3v) is 4.57. The molecule has 0 heterocycles. The lowest BCUT2D eigenvalue weighted by atomic mass is 10.0. The van der Waals surface area contributed by atoms with Crippen molar-refractivity contribution in [3.05, 3.63) is 35.4 Å². The summed E-state index contributed by atoms with van der Waals surface area (Å²) in [6.07, 6.45) is 6.58. The SMILES string of the molecule is OP(O)CCCCc1cccc(CCCCP(O)O)c1. The van der Waals surface area contributed by atoms with Gasteiger partial charge in [0.1, 0.15) is 0 Å². The van der Waals surface area contributed by atoms with E-state index < -0.39 is 16.8 Å². The molecule has 0 unspecified atom stereocenters. The summed E-state index contributed by atoms with van der Waals surface area (Å²) < 4.78 is 0. The molecular formula is C14H24O4P2. The predicted molar refractivity (Wildman–Crippen MR) is 84.8 cm³/mol. The van der Waals surface area contributed by atoms with Crippen molar-refractivity contribution >= 4 is 16.8 Å². The van der Waals surface area contributed by atoms with Crippen LogP contribution in [0.5, 0.6) is 0 Å². The number of hydrogen-bond acceptors (Lipinski definition) is 4. The Balaban J connectivity index is 2.26. The molecule has 0 aliphatic carbocycles. The molecule has 1 aromatic carbocycles. The second-order valence-corrected chi connectivity index (χ2v) is 7.31. The van der Waals surface area contributed by atoms with Gasteiger partial charge in [-0.05, 0) is 49.7 Å². The summed E-state index contributed by atoms with van der Waals surface area (Å²) in [6.45, 7) is 0. The minimum Gasteiger partial charge on any atom is -0.350 e. The Bertz CT molecular complexity index is 341. The van der Waals surface area contributed by atoms with E-state index in [-0.39, 0.29) is 0 Å². The van der Waals surface area contributed by atoms with Crippen LogP contribution >= 0.6 is 16.8 Å². The van der Waals surface area contributed by atoms with Crippen molar-refractivity contribution in [2.75, 3.05) is 12.3 Å². The van der Waals surface area contributed by atoms with E-state index in [1.54, 1.807) is 0 Å². The minimum absolute atomic E-state index is 0.500. The van der Waals surface area contributed by atoms with Crippen molar-refractivity contribution in [1.82, 2.24) is 0 Å². The summed E-state index contributed by atoms with van der Waals surface area (Å²) in [5.74, 6) is 0. The van der Waals surface area contributed by atoms with Gasteiger partial charge in [-0.1, -0.05) is 24.3 Å². The van der Waals surface area contributed by atoms with Crippen molar-refractivity contribution in [1.29, 1.82) is 0 Å². The third-order valence-electron chi connectivity index (χ3n) is 3.14. The summed E-state index contributed by atoms with van der Waals surface area (Å²) in [6, 6.07) is 8.46. The molecule has 0 saturated heterocycles. The first-order chi connectivity index (χ1) is 9.58. The van der Waals surface area contributed by atoms with Crippen LogP contribution in [0.15, 0.2) is 24.3 Å². The van der Waals surface area contributed by atoms with E-state index in [1.165, 1.54) is 11.1 Å². The maximum atomic E-state index is 8.84. The van der Waals surface area contributed by atoms with Gasteiger partial charge in [0.05, 0.1) is 0 Å². The normalized spacial score (nSPS) is 11.5. The van der Waals surface area contributed by atoms with Gasteiger partial charge in [-0.15, -0.1) is 0 Å². The summed E-state index contributed by atoms with van der Waals surface area (Å²) in [7, 11) is -3.48. The van der Waals surface area contributed by atoms with Crippen LogP contribution in [0.1, 0.15) is 36.8 Å². The van der Waals surface area contributed by atoms with Crippen LogP contribution in [0.4, 0.5) is 0 Å². The first kappa shape index (κ1) is 18.0. The van der Waals surface area contributed by atoms with Crippen LogP contribution in [0, 0.1) is 0 Å². The maximum Gasteiger partial charge on any atom is 0.164 e. The molecule has 6 heteroatoms. The number of hydrogen-bond donors (Lipinski definition) is 4. The quantitative estimate of drug-likeness (QED) is 0.395. The fraction of sp³-hybridized carbons (Fsp3) is 0.571. The lowest BCUT2D eigenvalue weighted by Gasteiger charge is -2.06. The molecule has 0 spiro atoms. The Hall–Kier alpha value is -0.0800. The van der Waals surface area contributed by atoms with E-state index in [9.17, 15) is 0 Å². The van der Waals surface area contributed by atoms with Gasteiger partial charge in [0.2, 0.25) is 0 Å². The van der Waals surface area contributed by atoms with E-state index in [0.29, 0.717) is 12.3 Å². The van der Waals surface area contributed by atoms with Crippen LogP contribution < -0.4 is 0 Å². The van der Waals surface area contributed by atoms with E-state index in [4.69, 9.17) is 19.6 Å². The smallest absolute Gasteiger partial charge is 0.164 e. The Morgan fingerprint density at radius 1 is 0.700 bits per heavy atom. The Morgan fingerprint density at radius 2 is 1.15 bits per heavy atom. The third kappa shape index (κ3) is 8.97. The van der Waals surface area contributed by atoms with E-state index in [0.717, 1.165) is 38.5 Å². The van der Waals surface area contributed by atoms with Gasteiger partial charge in [-0.3, -0.25) is 0 Å². The molecule has 0 saturated carbocycles. The fourth-order valence-corrected chi connectivity index (χ4v) is 3.12. The molecule has 0 aromatic heterocycles. The standard InChI is InChI=1S/C14H24O4P2/c15-19(16)10-3-1-6-13-8-5-9-14(12-13)7-2-4-11-20(17)18/h5,8-9,12,15-18H,1-4,6-7,10-11H2. The summed E-state index contributed by atoms with van der Waals surface area (Å²) in [5, 5.41) is 0. The van der Waals surface area contributed by atoms with Gasteiger partial charge in [0.15, 0.2) is 16.8 Å². The van der Waals surface area contributed by atoms with Crippen molar-refractivity contribution in [2.24, 2.45) is 0 Å². The average Bonchev–Trinajstić information content (AvgIpc) is 2.40. The van der Waals surface area contributed by atoms with Crippen LogP contribution in [-0.4, -0.2) is 31.9 Å². The molecule has 0 amide bonds. The van der Waals surface area contributed by atoms with Gasteiger partial charge in [-0.2, -0.15) is 0 Å². The molecule has 0 aliphatic rings. The molecule has 0 aliphatic heterocycles. The molecule has 0 fully saturated rings. The largest absolute Gasteiger partial charge is 0.350 e. The molecule has 1 rings (SSSR count). The molecule has 1 aromatic rings. The summed E-state index contributed by atoms with van der Waals surface area (Å²) >= 11 is 0. The maximum absolute atomic E-state index is 8.84. The lowest BCUT2D eigenvalue weighted by molar-refractivity contribution is 0.478. The summed E-state index contributed by atoms with van der Waals surface area (Å²) in [5.41, 5.74) is 2.57. The molecular weight excluding hydrogens is 294 g/mol. The monoisotopic (exact) mass is 318 g/mol. The van der Waals surface area contributed by atoms with Gasteiger partial charge in [0, 0.05) is 12.3 Å². The van der Waals surface area contributed by atoms with Gasteiger partial charge in [0.25, 0.3) is 0 Å². The Morgan fingerprint density at radius 3 is 1.55 bits per heavy atom. The predicted octanol–water partition coefficient (Wildman–Crippen LogP) is 2.93. The lowest BCUT2D eigenvalue weighted by Crippen LogP contribution is -1.93. The second-order valence-electron chi connectivity index (χ2n) is 4.93. The molecule has 20 heavy (non-hydrogen) atoms. The van der Waals surface area contributed by atoms with Crippen LogP contribution in [-0.2, 0) is 12.8 Å². The van der Waals surface area contributed by atoms with Crippen LogP contribution in [0.2, 0.25) is 0 Å². The van der Waals surface area contributed by atoms with Crippen molar-refractivity contribution in [2.45, 2.75) is 38.5 Å². The van der Waals surface area contributed by atoms with Gasteiger partial charge >= 0.3 is 0 Å². The second kappa shape index (κ2) is 10.6. The first-order valence-electron chi connectivity index (χ1n) is 6.96. The van der Waals surface area contributed by atoms with Crippen molar-refractivity contribution in [3.63, 3.8) is 0 Å². The van der Waals surface area contributed by atoms with E-state index in [1.807, 2.05) is 0 Å². The van der Waals surface area contributed by atoms with Gasteiger partial charge < -0.3 is 19.6 Å². The topological polar surface area (TPSA) is 80.9 Å². The van der Waals surface area contributed by atoms with Crippen LogP contribution in [0.25, 0.3) is 0 Å². The number of rotatable bonds is 10. The highest BCUT2D eigenvalue weighted by molar-refractivity contribution is 7.45. The molecule has 0 atom stereocenters. The summed E-state index contributed by atoms with van der Waals surface area (Å²) in [4.78, 5) is 35.4. The Labute approximate surface area is 123 Å². The molecule has 0 bridgehead atoms. The first-order valence-corrected chi connectivity index (χ1v) is 9.83. The molecule has 4 nitrogen and oxygen atoms in total.